The highest BCUT2D eigenvalue weighted by atomic mass is 16.5. The summed E-state index contributed by atoms with van der Waals surface area (Å²) in [5.74, 6) is 2.43. The first-order valence-corrected chi connectivity index (χ1v) is 12.4. The van der Waals surface area contributed by atoms with Crippen LogP contribution in [0.4, 0.5) is 5.69 Å². The van der Waals surface area contributed by atoms with Crippen molar-refractivity contribution in [2.45, 2.75) is 45.7 Å². The Labute approximate surface area is 196 Å². The van der Waals surface area contributed by atoms with E-state index in [9.17, 15) is 0 Å². The van der Waals surface area contributed by atoms with Crippen molar-refractivity contribution in [1.29, 1.82) is 0 Å². The average molecular weight is 437 g/mol. The summed E-state index contributed by atoms with van der Waals surface area (Å²) in [6, 6.07) is 22.7. The van der Waals surface area contributed by atoms with Crippen LogP contribution < -0.4 is 10.1 Å². The van der Waals surface area contributed by atoms with Gasteiger partial charge in [-0.25, -0.2) is 0 Å². The van der Waals surface area contributed by atoms with E-state index < -0.39 is 0 Å². The molecule has 6 rings (SSSR count). The zero-order chi connectivity index (χ0) is 22.5. The summed E-state index contributed by atoms with van der Waals surface area (Å²) < 4.78 is 8.68. The number of fused-ring (bicyclic) bond motifs is 6. The molecule has 3 aromatic carbocycles. The molecule has 1 N–H and O–H groups in total. The van der Waals surface area contributed by atoms with Gasteiger partial charge in [0.1, 0.15) is 5.75 Å². The molecule has 0 spiro atoms. The molecule has 33 heavy (non-hydrogen) atoms. The van der Waals surface area contributed by atoms with Crippen molar-refractivity contribution in [3.63, 3.8) is 0 Å². The molecule has 2 aliphatic rings. The third kappa shape index (κ3) is 3.25. The van der Waals surface area contributed by atoms with Crippen LogP contribution in [-0.4, -0.2) is 11.2 Å². The molecule has 3 nitrogen and oxygen atoms in total. The third-order valence-corrected chi connectivity index (χ3v) is 7.40. The number of aryl methyl sites for hydroxylation is 1. The summed E-state index contributed by atoms with van der Waals surface area (Å²) in [5.41, 5.74) is 6.55. The molecule has 0 fully saturated rings. The minimum atomic E-state index is 0.259. The summed E-state index contributed by atoms with van der Waals surface area (Å²) in [6.45, 7) is 8.33. The Hall–Kier alpha value is -3.20. The number of nitrogens with one attached hydrogen (secondary N) is 1. The Morgan fingerprint density at radius 2 is 1.85 bits per heavy atom. The number of ether oxygens (including phenoxy) is 1. The van der Waals surface area contributed by atoms with Gasteiger partial charge in [-0.2, -0.15) is 0 Å². The van der Waals surface area contributed by atoms with Crippen molar-refractivity contribution in [2.24, 2.45) is 11.8 Å². The smallest absolute Gasteiger partial charge is 0.142 e. The number of para-hydroxylation sites is 2. The molecular formula is C30H32N2O. The van der Waals surface area contributed by atoms with Crippen LogP contribution in [0, 0.1) is 11.8 Å². The Morgan fingerprint density at radius 3 is 2.70 bits per heavy atom. The molecule has 3 heteroatoms. The number of hydrogen-bond donors (Lipinski definition) is 1. The van der Waals surface area contributed by atoms with E-state index in [2.05, 4.69) is 103 Å². The molecule has 0 bridgehead atoms. The van der Waals surface area contributed by atoms with Gasteiger partial charge in [-0.05, 0) is 60.6 Å². The summed E-state index contributed by atoms with van der Waals surface area (Å²) in [6.07, 6.45) is 5.88. The van der Waals surface area contributed by atoms with Gasteiger partial charge < -0.3 is 14.6 Å². The van der Waals surface area contributed by atoms with E-state index in [1.54, 1.807) is 0 Å². The molecule has 3 atom stereocenters. The molecule has 0 saturated heterocycles. The largest absolute Gasteiger partial charge is 0.491 e. The van der Waals surface area contributed by atoms with Gasteiger partial charge in [0.25, 0.3) is 0 Å². The van der Waals surface area contributed by atoms with Gasteiger partial charge >= 0.3 is 0 Å². The zero-order valence-electron chi connectivity index (χ0n) is 19.7. The molecular weight excluding hydrogens is 404 g/mol. The van der Waals surface area contributed by atoms with E-state index in [0.29, 0.717) is 17.8 Å². The average Bonchev–Trinajstić information content (AvgIpc) is 3.45. The second-order valence-electron chi connectivity index (χ2n) is 9.94. The molecule has 2 heterocycles. The van der Waals surface area contributed by atoms with Crippen molar-refractivity contribution >= 4 is 27.5 Å². The zero-order valence-corrected chi connectivity index (χ0v) is 19.7. The van der Waals surface area contributed by atoms with Crippen molar-refractivity contribution in [1.82, 2.24) is 4.57 Å². The van der Waals surface area contributed by atoms with Gasteiger partial charge in [-0.1, -0.05) is 62.4 Å². The van der Waals surface area contributed by atoms with E-state index in [0.717, 1.165) is 25.3 Å². The fraction of sp³-hybridized carbons (Fsp3) is 0.333. The Kier molecular flexibility index (Phi) is 4.94. The van der Waals surface area contributed by atoms with Crippen LogP contribution in [0.15, 0.2) is 72.8 Å². The fourth-order valence-corrected chi connectivity index (χ4v) is 5.90. The first kappa shape index (κ1) is 20.4. The van der Waals surface area contributed by atoms with Crippen LogP contribution >= 0.6 is 0 Å². The van der Waals surface area contributed by atoms with E-state index in [4.69, 9.17) is 4.74 Å². The lowest BCUT2D eigenvalue weighted by atomic mass is 9.76. The maximum absolute atomic E-state index is 6.25. The number of hydrogen-bond acceptors (Lipinski definition) is 2. The van der Waals surface area contributed by atoms with Crippen LogP contribution in [0.25, 0.3) is 21.8 Å². The number of benzene rings is 3. The predicted molar refractivity (Wildman–Crippen MR) is 138 cm³/mol. The van der Waals surface area contributed by atoms with Gasteiger partial charge in [0, 0.05) is 34.3 Å². The van der Waals surface area contributed by atoms with E-state index in [-0.39, 0.29) is 6.04 Å². The normalized spacial score (nSPS) is 21.4. The maximum atomic E-state index is 6.25. The monoisotopic (exact) mass is 436 g/mol. The SMILES string of the molecule is CCn1c2ccccc2c2cc(C3Nc4c(OCC(C)C)cccc4C4C=CCC43)ccc21. The minimum absolute atomic E-state index is 0.259. The van der Waals surface area contributed by atoms with Gasteiger partial charge in [0.2, 0.25) is 0 Å². The third-order valence-electron chi connectivity index (χ3n) is 7.40. The van der Waals surface area contributed by atoms with E-state index in [1.165, 1.54) is 38.6 Å². The lowest BCUT2D eigenvalue weighted by molar-refractivity contribution is 0.270. The van der Waals surface area contributed by atoms with Gasteiger partial charge in [0.05, 0.1) is 18.3 Å². The molecule has 0 radical (unpaired) electrons. The molecule has 3 unspecified atom stereocenters. The lowest BCUT2D eigenvalue weighted by Crippen LogP contribution is -2.29. The molecule has 1 aliphatic carbocycles. The van der Waals surface area contributed by atoms with Gasteiger partial charge in [0.15, 0.2) is 0 Å². The Balaban J connectivity index is 1.46. The number of rotatable bonds is 5. The first-order chi connectivity index (χ1) is 16.2. The standard InChI is InChI=1S/C30H32N2O/c1-4-32-26-13-6-5-9-22(26)25-17-20(15-16-27(25)32)29-23-11-7-10-21(23)24-12-8-14-28(30(24)31-29)33-18-19(2)3/h5-10,12-17,19,21,23,29,31H,4,11,18H2,1-3H3. The van der Waals surface area contributed by atoms with Crippen LogP contribution in [0.2, 0.25) is 0 Å². The number of aromatic nitrogens is 1. The summed E-state index contributed by atoms with van der Waals surface area (Å²) in [7, 11) is 0. The van der Waals surface area contributed by atoms with Gasteiger partial charge in [-0.15, -0.1) is 0 Å². The summed E-state index contributed by atoms with van der Waals surface area (Å²) in [4.78, 5) is 0. The minimum Gasteiger partial charge on any atom is -0.491 e. The highest BCUT2D eigenvalue weighted by Crippen LogP contribution is 2.52. The van der Waals surface area contributed by atoms with Crippen molar-refractivity contribution in [3.8, 4) is 5.75 Å². The van der Waals surface area contributed by atoms with Crippen molar-refractivity contribution in [2.75, 3.05) is 11.9 Å². The topological polar surface area (TPSA) is 26.2 Å². The van der Waals surface area contributed by atoms with Crippen LogP contribution in [-0.2, 0) is 6.54 Å². The van der Waals surface area contributed by atoms with Crippen LogP contribution in [0.3, 0.4) is 0 Å². The molecule has 1 aliphatic heterocycles. The van der Waals surface area contributed by atoms with Gasteiger partial charge in [-0.3, -0.25) is 0 Å². The van der Waals surface area contributed by atoms with E-state index >= 15 is 0 Å². The molecule has 4 aromatic rings. The number of nitrogens with zero attached hydrogens (tertiary/aromatic N) is 1. The Bertz CT molecular complexity index is 1360. The lowest BCUT2D eigenvalue weighted by Gasteiger charge is -2.38. The maximum Gasteiger partial charge on any atom is 0.142 e. The highest BCUT2D eigenvalue weighted by Gasteiger charge is 2.39. The fourth-order valence-electron chi connectivity index (χ4n) is 5.90. The van der Waals surface area contributed by atoms with Crippen LogP contribution in [0.5, 0.6) is 5.75 Å². The second kappa shape index (κ2) is 7.98. The number of allylic oxidation sites excluding steroid dienone is 2. The van der Waals surface area contributed by atoms with Crippen molar-refractivity contribution < 1.29 is 4.74 Å². The second-order valence-corrected chi connectivity index (χ2v) is 9.94. The van der Waals surface area contributed by atoms with Crippen LogP contribution in [0.1, 0.15) is 50.3 Å². The quantitative estimate of drug-likeness (QED) is 0.325. The molecule has 1 aromatic heterocycles. The van der Waals surface area contributed by atoms with E-state index in [1.807, 2.05) is 0 Å². The molecule has 0 saturated carbocycles. The molecule has 0 amide bonds. The number of anilines is 1. The summed E-state index contributed by atoms with van der Waals surface area (Å²) in [5, 5.41) is 6.63. The Morgan fingerprint density at radius 1 is 1.00 bits per heavy atom. The molecule has 168 valence electrons. The highest BCUT2D eigenvalue weighted by molar-refractivity contribution is 6.08. The predicted octanol–water partition coefficient (Wildman–Crippen LogP) is 7.68. The summed E-state index contributed by atoms with van der Waals surface area (Å²) >= 11 is 0. The van der Waals surface area contributed by atoms with Crippen molar-refractivity contribution in [3.05, 3.63) is 83.9 Å². The first-order valence-electron chi connectivity index (χ1n) is 12.4.